The zero-order valence-electron chi connectivity index (χ0n) is 14.8. The van der Waals surface area contributed by atoms with E-state index in [1.54, 1.807) is 11.8 Å². The number of thioether (sulfide) groups is 1. The van der Waals surface area contributed by atoms with Crippen molar-refractivity contribution in [2.75, 3.05) is 18.8 Å². The van der Waals surface area contributed by atoms with E-state index in [0.29, 0.717) is 12.3 Å². The van der Waals surface area contributed by atoms with Crippen LogP contribution in [0.15, 0.2) is 53.4 Å². The van der Waals surface area contributed by atoms with Gasteiger partial charge in [0.1, 0.15) is 0 Å². The van der Waals surface area contributed by atoms with Gasteiger partial charge in [-0.05, 0) is 48.1 Å². The predicted octanol–water partition coefficient (Wildman–Crippen LogP) is 3.64. The van der Waals surface area contributed by atoms with Crippen LogP contribution in [0.4, 0.5) is 0 Å². The summed E-state index contributed by atoms with van der Waals surface area (Å²) in [7, 11) is 0. The Morgan fingerprint density at radius 3 is 2.65 bits per heavy atom. The van der Waals surface area contributed by atoms with Crippen molar-refractivity contribution in [3.8, 4) is 0 Å². The van der Waals surface area contributed by atoms with Gasteiger partial charge in [-0.15, -0.1) is 24.2 Å². The lowest BCUT2D eigenvalue weighted by Crippen LogP contribution is -2.33. The lowest BCUT2D eigenvalue weighted by atomic mass is 9.95. The van der Waals surface area contributed by atoms with Crippen LogP contribution < -0.4 is 5.73 Å². The molecule has 0 saturated carbocycles. The van der Waals surface area contributed by atoms with Gasteiger partial charge in [0.2, 0.25) is 5.91 Å². The highest BCUT2D eigenvalue weighted by atomic mass is 35.5. The van der Waals surface area contributed by atoms with Gasteiger partial charge in [0, 0.05) is 29.9 Å². The van der Waals surface area contributed by atoms with Gasteiger partial charge in [-0.1, -0.05) is 36.4 Å². The standard InChI is InChI=1S/C21H24N2OS.ClH/c22-20-13-23(12-19(20)16-5-2-1-3-6-16)21(24)14-25-18-10-9-15-7-4-8-17(15)11-18;/h1-3,5-6,9-11,19-20H,4,7-8,12-14,22H2;1H/t19-,20+;/m0./s1. The number of rotatable bonds is 4. The Morgan fingerprint density at radius 1 is 1.08 bits per heavy atom. The minimum atomic E-state index is 0. The third-order valence-corrected chi connectivity index (χ3v) is 6.36. The first-order valence-corrected chi connectivity index (χ1v) is 10.0. The number of aryl methyl sites for hydroxylation is 2. The molecule has 0 aromatic heterocycles. The number of carbonyl (C=O) groups is 1. The smallest absolute Gasteiger partial charge is 0.233 e. The summed E-state index contributed by atoms with van der Waals surface area (Å²) in [5, 5.41) is 0. The van der Waals surface area contributed by atoms with E-state index >= 15 is 0 Å². The number of carbonyl (C=O) groups excluding carboxylic acids is 1. The Labute approximate surface area is 165 Å². The number of nitrogens with zero attached hydrogens (tertiary/aromatic N) is 1. The number of hydrogen-bond donors (Lipinski definition) is 1. The third kappa shape index (κ3) is 4.08. The van der Waals surface area contributed by atoms with Crippen molar-refractivity contribution in [3.63, 3.8) is 0 Å². The van der Waals surface area contributed by atoms with Crippen LogP contribution in [0.5, 0.6) is 0 Å². The van der Waals surface area contributed by atoms with E-state index in [9.17, 15) is 4.79 Å². The number of hydrogen-bond acceptors (Lipinski definition) is 3. The van der Waals surface area contributed by atoms with Crippen molar-refractivity contribution in [1.82, 2.24) is 4.90 Å². The molecule has 1 fully saturated rings. The lowest BCUT2D eigenvalue weighted by Gasteiger charge is -2.16. The Morgan fingerprint density at radius 2 is 1.85 bits per heavy atom. The lowest BCUT2D eigenvalue weighted by molar-refractivity contribution is -0.127. The van der Waals surface area contributed by atoms with Gasteiger partial charge in [0.15, 0.2) is 0 Å². The van der Waals surface area contributed by atoms with E-state index in [4.69, 9.17) is 5.73 Å². The molecule has 4 rings (SSSR count). The van der Waals surface area contributed by atoms with Crippen LogP contribution in [0.2, 0.25) is 0 Å². The monoisotopic (exact) mass is 388 g/mol. The molecule has 2 aromatic carbocycles. The Kier molecular flexibility index (Phi) is 6.28. The van der Waals surface area contributed by atoms with E-state index in [0.717, 1.165) is 6.54 Å². The first-order valence-electron chi connectivity index (χ1n) is 9.03. The summed E-state index contributed by atoms with van der Waals surface area (Å²) in [4.78, 5) is 15.8. The molecule has 1 aliphatic carbocycles. The highest BCUT2D eigenvalue weighted by Crippen LogP contribution is 2.29. The van der Waals surface area contributed by atoms with Gasteiger partial charge in [-0.2, -0.15) is 0 Å². The molecule has 0 unspecified atom stereocenters. The molecule has 0 radical (unpaired) electrons. The number of nitrogens with two attached hydrogens (primary N) is 1. The molecular weight excluding hydrogens is 364 g/mol. The van der Waals surface area contributed by atoms with Crippen LogP contribution in [-0.2, 0) is 17.6 Å². The van der Waals surface area contributed by atoms with E-state index in [-0.39, 0.29) is 30.3 Å². The van der Waals surface area contributed by atoms with Gasteiger partial charge >= 0.3 is 0 Å². The molecule has 3 nitrogen and oxygen atoms in total. The Balaban J connectivity index is 0.00000196. The molecule has 26 heavy (non-hydrogen) atoms. The fraction of sp³-hybridized carbons (Fsp3) is 0.381. The molecule has 1 saturated heterocycles. The second kappa shape index (κ2) is 8.47. The highest BCUT2D eigenvalue weighted by Gasteiger charge is 2.33. The van der Waals surface area contributed by atoms with Crippen LogP contribution in [0.1, 0.15) is 29.0 Å². The average Bonchev–Trinajstić information content (AvgIpc) is 3.26. The van der Waals surface area contributed by atoms with Gasteiger partial charge in [-0.25, -0.2) is 0 Å². The quantitative estimate of drug-likeness (QED) is 0.813. The number of fused-ring (bicyclic) bond motifs is 1. The summed E-state index contributed by atoms with van der Waals surface area (Å²) in [6.45, 7) is 1.39. The second-order valence-electron chi connectivity index (χ2n) is 7.05. The number of halogens is 1. The Bertz CT molecular complexity index is 768. The molecule has 2 N–H and O–H groups in total. The van der Waals surface area contributed by atoms with Crippen LogP contribution in [0.25, 0.3) is 0 Å². The minimum Gasteiger partial charge on any atom is -0.340 e. The van der Waals surface area contributed by atoms with Crippen LogP contribution >= 0.6 is 24.2 Å². The summed E-state index contributed by atoms with van der Waals surface area (Å²) < 4.78 is 0. The maximum Gasteiger partial charge on any atom is 0.233 e. The summed E-state index contributed by atoms with van der Waals surface area (Å²) in [6.07, 6.45) is 3.64. The molecule has 1 aliphatic heterocycles. The number of benzene rings is 2. The maximum absolute atomic E-state index is 12.6. The normalized spacial score (nSPS) is 21.3. The first kappa shape index (κ1) is 19.3. The maximum atomic E-state index is 12.6. The zero-order chi connectivity index (χ0) is 17.2. The van der Waals surface area contributed by atoms with Crippen LogP contribution in [0, 0.1) is 0 Å². The fourth-order valence-corrected chi connectivity index (χ4v) is 4.82. The molecule has 1 heterocycles. The summed E-state index contributed by atoms with van der Waals surface area (Å²) in [5.74, 6) is 0.932. The molecule has 1 amide bonds. The van der Waals surface area contributed by atoms with Gasteiger partial charge in [0.05, 0.1) is 5.75 Å². The van der Waals surface area contributed by atoms with E-state index in [1.807, 2.05) is 23.1 Å². The number of amides is 1. The van der Waals surface area contributed by atoms with E-state index in [1.165, 1.54) is 40.8 Å². The third-order valence-electron chi connectivity index (χ3n) is 5.38. The minimum absolute atomic E-state index is 0. The number of likely N-dealkylation sites (tertiary alicyclic amines) is 1. The van der Waals surface area contributed by atoms with Crippen molar-refractivity contribution in [1.29, 1.82) is 0 Å². The largest absolute Gasteiger partial charge is 0.340 e. The molecule has 2 atom stereocenters. The van der Waals surface area contributed by atoms with Crippen LogP contribution in [-0.4, -0.2) is 35.7 Å². The van der Waals surface area contributed by atoms with Crippen molar-refractivity contribution < 1.29 is 4.79 Å². The zero-order valence-corrected chi connectivity index (χ0v) is 16.4. The van der Waals surface area contributed by atoms with E-state index in [2.05, 4.69) is 30.3 Å². The molecule has 0 bridgehead atoms. The predicted molar refractivity (Wildman–Crippen MR) is 110 cm³/mol. The van der Waals surface area contributed by atoms with Crippen molar-refractivity contribution in [3.05, 3.63) is 65.2 Å². The van der Waals surface area contributed by atoms with Crippen LogP contribution in [0.3, 0.4) is 0 Å². The summed E-state index contributed by atoms with van der Waals surface area (Å²) in [6, 6.07) is 17.0. The molecule has 138 valence electrons. The molecule has 2 aromatic rings. The molecule has 2 aliphatic rings. The van der Waals surface area contributed by atoms with E-state index < -0.39 is 0 Å². The summed E-state index contributed by atoms with van der Waals surface area (Å²) >= 11 is 1.65. The van der Waals surface area contributed by atoms with Crippen molar-refractivity contribution in [2.24, 2.45) is 5.73 Å². The average molecular weight is 389 g/mol. The summed E-state index contributed by atoms with van der Waals surface area (Å²) in [5.41, 5.74) is 10.5. The first-order chi connectivity index (χ1) is 12.2. The van der Waals surface area contributed by atoms with Gasteiger partial charge in [-0.3, -0.25) is 4.79 Å². The highest BCUT2D eigenvalue weighted by molar-refractivity contribution is 8.00. The topological polar surface area (TPSA) is 46.3 Å². The van der Waals surface area contributed by atoms with Crippen molar-refractivity contribution >= 4 is 30.1 Å². The second-order valence-corrected chi connectivity index (χ2v) is 8.10. The van der Waals surface area contributed by atoms with Gasteiger partial charge in [0.25, 0.3) is 0 Å². The Hall–Kier alpha value is -1.49. The molecule has 0 spiro atoms. The van der Waals surface area contributed by atoms with Crippen molar-refractivity contribution in [2.45, 2.75) is 36.1 Å². The van der Waals surface area contributed by atoms with Gasteiger partial charge < -0.3 is 10.6 Å². The molecular formula is C21H25ClN2OS. The fourth-order valence-electron chi connectivity index (χ4n) is 3.96. The SMILES string of the molecule is Cl.N[C@@H]1CN(C(=O)CSc2ccc3c(c2)CCC3)C[C@H]1c1ccccc1. The molecule has 5 heteroatoms.